The van der Waals surface area contributed by atoms with Crippen LogP contribution in [-0.2, 0) is 23.1 Å². The molecule has 1 aliphatic rings. The van der Waals surface area contributed by atoms with Gasteiger partial charge in [0, 0.05) is 13.2 Å². The Kier molecular flexibility index (Phi) is 4.58. The first-order chi connectivity index (χ1) is 10.2. The largest absolute Gasteiger partial charge is 0.444 e. The summed E-state index contributed by atoms with van der Waals surface area (Å²) in [5.41, 5.74) is 0.352. The lowest BCUT2D eigenvalue weighted by Gasteiger charge is -2.38. The number of aryl methyl sites for hydroxylation is 1. The molecular formula is C14H22N4O4. The second-order valence-electron chi connectivity index (χ2n) is 6.21. The molecule has 1 aliphatic heterocycles. The Morgan fingerprint density at radius 3 is 2.64 bits per heavy atom. The maximum absolute atomic E-state index is 11.7. The zero-order valence-electron chi connectivity index (χ0n) is 13.3. The Balaban J connectivity index is 1.66. The standard InChI is InChI=1S/C14H22N4O4/c1-14(2,3)22-13(20)18-8-11(9-18)21-12(19)15-7-10-5-6-16-17(10)4/h5-6,11H,7-9H2,1-4H3,(H,15,19). The van der Waals surface area contributed by atoms with Gasteiger partial charge in [0.2, 0.25) is 0 Å². The summed E-state index contributed by atoms with van der Waals surface area (Å²) in [5, 5.41) is 6.66. The Hall–Kier alpha value is -2.25. The van der Waals surface area contributed by atoms with Crippen LogP contribution >= 0.6 is 0 Å². The molecule has 1 aromatic heterocycles. The molecule has 2 heterocycles. The quantitative estimate of drug-likeness (QED) is 0.908. The van der Waals surface area contributed by atoms with Crippen LogP contribution in [0.4, 0.5) is 9.59 Å². The molecule has 0 aromatic carbocycles. The van der Waals surface area contributed by atoms with Crippen LogP contribution in [0.15, 0.2) is 12.3 Å². The number of nitrogens with zero attached hydrogens (tertiary/aromatic N) is 3. The summed E-state index contributed by atoms with van der Waals surface area (Å²) in [4.78, 5) is 24.9. The summed E-state index contributed by atoms with van der Waals surface area (Å²) in [6.07, 6.45) is 0.476. The normalized spacial score (nSPS) is 15.2. The fourth-order valence-corrected chi connectivity index (χ4v) is 1.92. The van der Waals surface area contributed by atoms with Gasteiger partial charge >= 0.3 is 12.2 Å². The fraction of sp³-hybridized carbons (Fsp3) is 0.643. The summed E-state index contributed by atoms with van der Waals surface area (Å²) in [6.45, 7) is 6.49. The molecule has 0 aliphatic carbocycles. The first kappa shape index (κ1) is 16.1. The van der Waals surface area contributed by atoms with E-state index in [1.54, 1.807) is 17.9 Å². The van der Waals surface area contributed by atoms with Crippen molar-refractivity contribution in [2.24, 2.45) is 7.05 Å². The molecule has 1 N–H and O–H groups in total. The summed E-state index contributed by atoms with van der Waals surface area (Å²) < 4.78 is 12.1. The third kappa shape index (κ3) is 4.37. The Labute approximate surface area is 129 Å². The van der Waals surface area contributed by atoms with Crippen LogP contribution in [0.3, 0.4) is 0 Å². The molecule has 0 saturated carbocycles. The lowest BCUT2D eigenvalue weighted by atomic mass is 10.2. The monoisotopic (exact) mass is 310 g/mol. The predicted molar refractivity (Wildman–Crippen MR) is 78.1 cm³/mol. The van der Waals surface area contributed by atoms with E-state index in [1.807, 2.05) is 26.8 Å². The average molecular weight is 310 g/mol. The molecule has 1 fully saturated rings. The van der Waals surface area contributed by atoms with E-state index in [2.05, 4.69) is 10.4 Å². The first-order valence-corrected chi connectivity index (χ1v) is 7.14. The van der Waals surface area contributed by atoms with Crippen molar-refractivity contribution in [1.29, 1.82) is 0 Å². The number of ether oxygens (including phenoxy) is 2. The van der Waals surface area contributed by atoms with Gasteiger partial charge in [-0.05, 0) is 26.8 Å². The van der Waals surface area contributed by atoms with Crippen LogP contribution in [0.2, 0.25) is 0 Å². The van der Waals surface area contributed by atoms with Crippen LogP contribution in [0.1, 0.15) is 26.5 Å². The van der Waals surface area contributed by atoms with Gasteiger partial charge in [-0.1, -0.05) is 0 Å². The van der Waals surface area contributed by atoms with Gasteiger partial charge in [-0.25, -0.2) is 9.59 Å². The fourth-order valence-electron chi connectivity index (χ4n) is 1.92. The Morgan fingerprint density at radius 1 is 1.41 bits per heavy atom. The Morgan fingerprint density at radius 2 is 2.09 bits per heavy atom. The second-order valence-corrected chi connectivity index (χ2v) is 6.21. The molecule has 1 aromatic rings. The zero-order valence-corrected chi connectivity index (χ0v) is 13.3. The van der Waals surface area contributed by atoms with Gasteiger partial charge in [-0.3, -0.25) is 4.68 Å². The number of hydrogen-bond acceptors (Lipinski definition) is 5. The number of carbonyl (C=O) groups is 2. The maximum atomic E-state index is 11.7. The van der Waals surface area contributed by atoms with Gasteiger partial charge < -0.3 is 19.7 Å². The Bertz CT molecular complexity index is 543. The van der Waals surface area contributed by atoms with E-state index in [1.165, 1.54) is 4.90 Å². The molecule has 0 radical (unpaired) electrons. The van der Waals surface area contributed by atoms with E-state index in [9.17, 15) is 9.59 Å². The molecule has 8 nitrogen and oxygen atoms in total. The van der Waals surface area contributed by atoms with Crippen molar-refractivity contribution >= 4 is 12.2 Å². The van der Waals surface area contributed by atoms with Gasteiger partial charge in [-0.2, -0.15) is 5.10 Å². The molecule has 22 heavy (non-hydrogen) atoms. The maximum Gasteiger partial charge on any atom is 0.410 e. The van der Waals surface area contributed by atoms with Gasteiger partial charge in [0.15, 0.2) is 0 Å². The van der Waals surface area contributed by atoms with Crippen molar-refractivity contribution in [3.8, 4) is 0 Å². The van der Waals surface area contributed by atoms with Crippen LogP contribution < -0.4 is 5.32 Å². The lowest BCUT2D eigenvalue weighted by Crippen LogP contribution is -2.57. The highest BCUT2D eigenvalue weighted by molar-refractivity contribution is 5.70. The summed E-state index contributed by atoms with van der Waals surface area (Å²) in [7, 11) is 1.80. The summed E-state index contributed by atoms with van der Waals surface area (Å²) in [6, 6.07) is 1.81. The highest BCUT2D eigenvalue weighted by Crippen LogP contribution is 2.17. The minimum atomic E-state index is -0.524. The molecule has 0 spiro atoms. The van der Waals surface area contributed by atoms with Gasteiger partial charge in [0.05, 0.1) is 25.3 Å². The number of aromatic nitrogens is 2. The first-order valence-electron chi connectivity index (χ1n) is 7.14. The van der Waals surface area contributed by atoms with Crippen LogP contribution in [0.5, 0.6) is 0 Å². The van der Waals surface area contributed by atoms with E-state index < -0.39 is 11.7 Å². The molecule has 122 valence electrons. The smallest absolute Gasteiger partial charge is 0.410 e. The van der Waals surface area contributed by atoms with Crippen LogP contribution in [0, 0.1) is 0 Å². The van der Waals surface area contributed by atoms with Gasteiger partial charge in [0.1, 0.15) is 11.7 Å². The van der Waals surface area contributed by atoms with E-state index in [0.29, 0.717) is 19.6 Å². The van der Waals surface area contributed by atoms with Crippen molar-refractivity contribution < 1.29 is 19.1 Å². The van der Waals surface area contributed by atoms with Crippen molar-refractivity contribution in [1.82, 2.24) is 20.0 Å². The minimum absolute atomic E-state index is 0.293. The SMILES string of the molecule is Cn1nccc1CNC(=O)OC1CN(C(=O)OC(C)(C)C)C1. The number of rotatable bonds is 3. The number of amides is 2. The van der Waals surface area contributed by atoms with E-state index in [-0.39, 0.29) is 12.2 Å². The van der Waals surface area contributed by atoms with Crippen molar-refractivity contribution in [2.75, 3.05) is 13.1 Å². The lowest BCUT2D eigenvalue weighted by molar-refractivity contribution is -0.0366. The van der Waals surface area contributed by atoms with E-state index >= 15 is 0 Å². The number of carbonyl (C=O) groups excluding carboxylic acids is 2. The molecule has 2 rings (SSSR count). The summed E-state index contributed by atoms with van der Waals surface area (Å²) in [5.74, 6) is 0. The topological polar surface area (TPSA) is 85.7 Å². The zero-order chi connectivity index (χ0) is 16.3. The minimum Gasteiger partial charge on any atom is -0.444 e. The number of likely N-dealkylation sites (tertiary alicyclic amines) is 1. The van der Waals surface area contributed by atoms with Gasteiger partial charge in [-0.15, -0.1) is 0 Å². The van der Waals surface area contributed by atoms with E-state index in [4.69, 9.17) is 9.47 Å². The predicted octanol–water partition coefficient (Wildman–Crippen LogP) is 1.27. The van der Waals surface area contributed by atoms with Crippen LogP contribution in [-0.4, -0.2) is 51.7 Å². The number of alkyl carbamates (subject to hydrolysis) is 1. The average Bonchev–Trinajstić information content (AvgIpc) is 2.74. The number of hydrogen-bond donors (Lipinski definition) is 1. The van der Waals surface area contributed by atoms with E-state index in [0.717, 1.165) is 5.69 Å². The third-order valence-electron chi connectivity index (χ3n) is 3.11. The molecule has 0 unspecified atom stereocenters. The van der Waals surface area contributed by atoms with Crippen molar-refractivity contribution in [3.05, 3.63) is 18.0 Å². The second kappa shape index (κ2) is 6.25. The molecule has 0 bridgehead atoms. The molecule has 2 amide bonds. The molecular weight excluding hydrogens is 288 g/mol. The molecule has 0 atom stereocenters. The van der Waals surface area contributed by atoms with Gasteiger partial charge in [0.25, 0.3) is 0 Å². The van der Waals surface area contributed by atoms with Crippen molar-refractivity contribution in [3.63, 3.8) is 0 Å². The molecule has 1 saturated heterocycles. The number of nitrogens with one attached hydrogen (secondary N) is 1. The highest BCUT2D eigenvalue weighted by Gasteiger charge is 2.36. The summed E-state index contributed by atoms with van der Waals surface area (Å²) >= 11 is 0. The van der Waals surface area contributed by atoms with Crippen molar-refractivity contribution in [2.45, 2.75) is 39.0 Å². The molecule has 8 heteroatoms. The highest BCUT2D eigenvalue weighted by atomic mass is 16.6. The third-order valence-corrected chi connectivity index (χ3v) is 3.11. The van der Waals surface area contributed by atoms with Crippen LogP contribution in [0.25, 0.3) is 0 Å².